The van der Waals surface area contributed by atoms with Crippen molar-refractivity contribution in [2.24, 2.45) is 7.05 Å². The van der Waals surface area contributed by atoms with Gasteiger partial charge in [0.25, 0.3) is 0 Å². The zero-order chi connectivity index (χ0) is 16.6. The smallest absolute Gasteiger partial charge is 0.246 e. The van der Waals surface area contributed by atoms with Crippen LogP contribution in [0.3, 0.4) is 0 Å². The lowest BCUT2D eigenvalue weighted by molar-refractivity contribution is -0.00762. The summed E-state index contributed by atoms with van der Waals surface area (Å²) in [7, 11) is -1.91. The summed E-state index contributed by atoms with van der Waals surface area (Å²) in [5.41, 5.74) is 1.31. The number of rotatable bonds is 3. The Hall–Kier alpha value is -1.84. The van der Waals surface area contributed by atoms with Crippen LogP contribution in [0, 0.1) is 13.8 Å². The maximum atomic E-state index is 12.8. The quantitative estimate of drug-likeness (QED) is 0.814. The molecule has 0 amide bonds. The first-order chi connectivity index (χ1) is 10.9. The second-order valence-corrected chi connectivity index (χ2v) is 7.44. The van der Waals surface area contributed by atoms with Crippen molar-refractivity contribution >= 4 is 10.0 Å². The SMILES string of the molecule is Cc1ccnc([C@@H]2CN(S(=O)(=O)c3cn(C)nc3C)CCO2)n1. The molecule has 2 aromatic heterocycles. The van der Waals surface area contributed by atoms with Crippen LogP contribution >= 0.6 is 0 Å². The van der Waals surface area contributed by atoms with Crippen LogP contribution in [-0.4, -0.2) is 52.2 Å². The summed E-state index contributed by atoms with van der Waals surface area (Å²) in [6, 6.07) is 1.79. The molecule has 0 unspecified atom stereocenters. The van der Waals surface area contributed by atoms with Gasteiger partial charge in [0.05, 0.1) is 12.3 Å². The summed E-state index contributed by atoms with van der Waals surface area (Å²) < 4.78 is 34.3. The van der Waals surface area contributed by atoms with Crippen LogP contribution in [0.4, 0.5) is 0 Å². The normalized spacial score (nSPS) is 19.9. The number of morpholine rings is 1. The molecule has 0 saturated carbocycles. The molecule has 1 saturated heterocycles. The Morgan fingerprint density at radius 2 is 2.13 bits per heavy atom. The average molecular weight is 337 g/mol. The molecule has 0 aromatic carbocycles. The number of sulfonamides is 1. The molecule has 9 heteroatoms. The van der Waals surface area contributed by atoms with Crippen LogP contribution < -0.4 is 0 Å². The zero-order valence-electron chi connectivity index (χ0n) is 13.3. The second kappa shape index (κ2) is 5.99. The minimum Gasteiger partial charge on any atom is -0.367 e. The van der Waals surface area contributed by atoms with Crippen molar-refractivity contribution in [3.63, 3.8) is 0 Å². The van der Waals surface area contributed by atoms with Gasteiger partial charge in [-0.1, -0.05) is 0 Å². The summed E-state index contributed by atoms with van der Waals surface area (Å²) in [4.78, 5) is 8.76. The predicted octanol–water partition coefficient (Wildman–Crippen LogP) is 0.589. The second-order valence-electron chi connectivity index (χ2n) is 5.53. The molecule has 1 aliphatic heterocycles. The van der Waals surface area contributed by atoms with Gasteiger partial charge < -0.3 is 4.74 Å². The maximum absolute atomic E-state index is 12.8. The van der Waals surface area contributed by atoms with Crippen molar-refractivity contribution in [1.82, 2.24) is 24.1 Å². The van der Waals surface area contributed by atoms with E-state index in [2.05, 4.69) is 15.1 Å². The van der Waals surface area contributed by atoms with Gasteiger partial charge in [0.1, 0.15) is 11.0 Å². The Bertz CT molecular complexity index is 818. The van der Waals surface area contributed by atoms with Gasteiger partial charge >= 0.3 is 0 Å². The van der Waals surface area contributed by atoms with Crippen molar-refractivity contribution in [3.05, 3.63) is 35.7 Å². The van der Waals surface area contributed by atoms with E-state index >= 15 is 0 Å². The zero-order valence-corrected chi connectivity index (χ0v) is 14.1. The summed E-state index contributed by atoms with van der Waals surface area (Å²) in [5, 5.41) is 4.12. The summed E-state index contributed by atoms with van der Waals surface area (Å²) in [6.45, 7) is 4.36. The number of aryl methyl sites for hydroxylation is 3. The fraction of sp³-hybridized carbons (Fsp3) is 0.500. The van der Waals surface area contributed by atoms with Gasteiger partial charge in [0.2, 0.25) is 10.0 Å². The van der Waals surface area contributed by atoms with E-state index in [0.29, 0.717) is 24.7 Å². The maximum Gasteiger partial charge on any atom is 0.246 e. The Balaban J connectivity index is 1.87. The lowest BCUT2D eigenvalue weighted by Gasteiger charge is -2.31. The van der Waals surface area contributed by atoms with E-state index in [1.807, 2.05) is 6.92 Å². The highest BCUT2D eigenvalue weighted by Gasteiger charge is 2.34. The minimum absolute atomic E-state index is 0.195. The van der Waals surface area contributed by atoms with Gasteiger partial charge in [-0.3, -0.25) is 4.68 Å². The van der Waals surface area contributed by atoms with Crippen LogP contribution in [0.5, 0.6) is 0 Å². The molecule has 0 bridgehead atoms. The van der Waals surface area contributed by atoms with Gasteiger partial charge in [-0.05, 0) is 19.9 Å². The van der Waals surface area contributed by atoms with Crippen molar-refractivity contribution in [3.8, 4) is 0 Å². The Labute approximate surface area is 135 Å². The number of nitrogens with zero attached hydrogens (tertiary/aromatic N) is 5. The molecule has 0 spiro atoms. The van der Waals surface area contributed by atoms with Gasteiger partial charge in [0.15, 0.2) is 5.82 Å². The minimum atomic E-state index is -3.61. The number of hydrogen-bond acceptors (Lipinski definition) is 6. The van der Waals surface area contributed by atoms with Gasteiger partial charge in [-0.2, -0.15) is 9.40 Å². The third-order valence-electron chi connectivity index (χ3n) is 3.72. The van der Waals surface area contributed by atoms with Crippen LogP contribution in [0.1, 0.15) is 23.3 Å². The summed E-state index contributed by atoms with van der Waals surface area (Å²) in [5.74, 6) is 0.507. The molecular weight excluding hydrogens is 318 g/mol. The third kappa shape index (κ3) is 3.12. The highest BCUT2D eigenvalue weighted by molar-refractivity contribution is 7.89. The van der Waals surface area contributed by atoms with Crippen molar-refractivity contribution < 1.29 is 13.2 Å². The van der Waals surface area contributed by atoms with Crippen molar-refractivity contribution in [2.75, 3.05) is 19.7 Å². The summed E-state index contributed by atoms with van der Waals surface area (Å²) >= 11 is 0. The molecule has 3 heterocycles. The van der Waals surface area contributed by atoms with E-state index in [0.717, 1.165) is 5.69 Å². The monoisotopic (exact) mass is 337 g/mol. The van der Waals surface area contributed by atoms with Crippen molar-refractivity contribution in [2.45, 2.75) is 24.8 Å². The van der Waals surface area contributed by atoms with Gasteiger partial charge in [-0.15, -0.1) is 0 Å². The van der Waals surface area contributed by atoms with E-state index in [1.165, 1.54) is 15.2 Å². The first-order valence-electron chi connectivity index (χ1n) is 7.29. The van der Waals surface area contributed by atoms with E-state index in [-0.39, 0.29) is 11.4 Å². The highest BCUT2D eigenvalue weighted by Crippen LogP contribution is 2.25. The fourth-order valence-electron chi connectivity index (χ4n) is 2.59. The molecule has 0 N–H and O–H groups in total. The number of ether oxygens (including phenoxy) is 1. The van der Waals surface area contributed by atoms with Gasteiger partial charge in [-0.25, -0.2) is 18.4 Å². The molecule has 1 aliphatic rings. The number of hydrogen-bond donors (Lipinski definition) is 0. The van der Waals surface area contributed by atoms with Crippen LogP contribution in [0.15, 0.2) is 23.4 Å². The molecule has 3 rings (SSSR count). The van der Waals surface area contributed by atoms with Crippen LogP contribution in [0.2, 0.25) is 0 Å². The van der Waals surface area contributed by atoms with E-state index in [1.54, 1.807) is 26.2 Å². The molecule has 2 aromatic rings. The van der Waals surface area contributed by atoms with Crippen molar-refractivity contribution in [1.29, 1.82) is 0 Å². The van der Waals surface area contributed by atoms with E-state index < -0.39 is 16.1 Å². The average Bonchev–Trinajstić information content (AvgIpc) is 2.87. The summed E-state index contributed by atoms with van der Waals surface area (Å²) in [6.07, 6.45) is 2.72. The molecule has 1 atom stereocenters. The largest absolute Gasteiger partial charge is 0.367 e. The molecule has 0 aliphatic carbocycles. The molecule has 23 heavy (non-hydrogen) atoms. The highest BCUT2D eigenvalue weighted by atomic mass is 32.2. The van der Waals surface area contributed by atoms with Crippen LogP contribution in [0.25, 0.3) is 0 Å². The lowest BCUT2D eigenvalue weighted by Crippen LogP contribution is -2.42. The Kier molecular flexibility index (Phi) is 4.17. The van der Waals surface area contributed by atoms with Gasteiger partial charge in [0, 0.05) is 38.2 Å². The predicted molar refractivity (Wildman–Crippen MR) is 82.2 cm³/mol. The number of aromatic nitrogens is 4. The topological polar surface area (TPSA) is 90.2 Å². The third-order valence-corrected chi connectivity index (χ3v) is 5.68. The first kappa shape index (κ1) is 16.0. The first-order valence-corrected chi connectivity index (χ1v) is 8.73. The molecule has 0 radical (unpaired) electrons. The molecule has 124 valence electrons. The Morgan fingerprint density at radius 1 is 1.35 bits per heavy atom. The van der Waals surface area contributed by atoms with E-state index in [9.17, 15) is 8.42 Å². The van der Waals surface area contributed by atoms with Crippen LogP contribution in [-0.2, 0) is 21.8 Å². The van der Waals surface area contributed by atoms with E-state index in [4.69, 9.17) is 4.74 Å². The molecule has 1 fully saturated rings. The Morgan fingerprint density at radius 3 is 2.78 bits per heavy atom. The molecular formula is C14H19N5O3S. The fourth-order valence-corrected chi connectivity index (χ4v) is 4.22. The lowest BCUT2D eigenvalue weighted by atomic mass is 10.3. The standard InChI is InChI=1S/C14H19N5O3S/c1-10-4-5-15-14(16-10)12-8-19(6-7-22-12)23(20,21)13-9-18(3)17-11(13)2/h4-5,9,12H,6-8H2,1-3H3/t12-/m0/s1. The molecule has 8 nitrogen and oxygen atoms in total.